The number of hydrogen-bond acceptors (Lipinski definition) is 3. The summed E-state index contributed by atoms with van der Waals surface area (Å²) >= 11 is 0. The largest absolute Gasteiger partial charge is 0.392 e. The van der Waals surface area contributed by atoms with E-state index >= 15 is 0 Å². The molecule has 4 rings (SSSR count). The van der Waals surface area contributed by atoms with Gasteiger partial charge in [0, 0.05) is 12.3 Å². The van der Waals surface area contributed by atoms with Crippen molar-refractivity contribution >= 4 is 0 Å². The Morgan fingerprint density at radius 1 is 1.20 bits per heavy atom. The fourth-order valence-corrected chi connectivity index (χ4v) is 5.60. The van der Waals surface area contributed by atoms with Gasteiger partial charge in [0.1, 0.15) is 0 Å². The zero-order valence-corrected chi connectivity index (χ0v) is 12.4. The van der Waals surface area contributed by atoms with Crippen molar-refractivity contribution in [2.45, 2.75) is 63.8 Å². The quantitative estimate of drug-likeness (QED) is 0.692. The summed E-state index contributed by atoms with van der Waals surface area (Å²) in [7, 11) is 0. The molecule has 0 aromatic rings. The smallest absolute Gasteiger partial charge is 0.172 e. The molecule has 0 radical (unpaired) electrons. The van der Waals surface area contributed by atoms with Crippen LogP contribution in [0.2, 0.25) is 0 Å². The van der Waals surface area contributed by atoms with Gasteiger partial charge in [-0.25, -0.2) is 0 Å². The van der Waals surface area contributed by atoms with Crippen molar-refractivity contribution in [2.75, 3.05) is 13.2 Å². The van der Waals surface area contributed by atoms with Crippen LogP contribution in [-0.4, -0.2) is 30.2 Å². The lowest BCUT2D eigenvalue weighted by molar-refractivity contribution is -0.224. The SMILES string of the molecule is CC1=CCC23CCCC(C2C2(CC3)OCCO2)[C@@H](O)C1. The van der Waals surface area contributed by atoms with Crippen molar-refractivity contribution in [2.24, 2.45) is 17.3 Å². The molecule has 3 aliphatic carbocycles. The van der Waals surface area contributed by atoms with E-state index in [0.29, 0.717) is 17.3 Å². The molecule has 1 aliphatic heterocycles. The van der Waals surface area contributed by atoms with Gasteiger partial charge in [0.25, 0.3) is 0 Å². The minimum absolute atomic E-state index is 0.223. The Morgan fingerprint density at radius 2 is 2.00 bits per heavy atom. The average Bonchev–Trinajstić information content (AvgIpc) is 3.03. The molecule has 4 atom stereocenters. The molecule has 3 unspecified atom stereocenters. The molecule has 0 amide bonds. The third-order valence-corrected chi connectivity index (χ3v) is 6.40. The molecule has 2 bridgehead atoms. The third-order valence-electron chi connectivity index (χ3n) is 6.40. The monoisotopic (exact) mass is 278 g/mol. The van der Waals surface area contributed by atoms with E-state index in [1.54, 1.807) is 0 Å². The zero-order valence-electron chi connectivity index (χ0n) is 12.4. The lowest BCUT2D eigenvalue weighted by Crippen LogP contribution is -2.51. The van der Waals surface area contributed by atoms with Crippen molar-refractivity contribution in [3.8, 4) is 0 Å². The van der Waals surface area contributed by atoms with E-state index in [0.717, 1.165) is 38.9 Å². The van der Waals surface area contributed by atoms with Crippen molar-refractivity contribution in [3.63, 3.8) is 0 Å². The van der Waals surface area contributed by atoms with Gasteiger partial charge in [-0.15, -0.1) is 0 Å². The van der Waals surface area contributed by atoms with Gasteiger partial charge < -0.3 is 14.6 Å². The van der Waals surface area contributed by atoms with E-state index in [1.807, 2.05) is 0 Å². The van der Waals surface area contributed by atoms with Crippen molar-refractivity contribution in [1.82, 2.24) is 0 Å². The Labute approximate surface area is 121 Å². The van der Waals surface area contributed by atoms with Gasteiger partial charge >= 0.3 is 0 Å². The molecular formula is C17H26O3. The predicted octanol–water partition coefficient (Wildman–Crippen LogP) is 3.03. The van der Waals surface area contributed by atoms with Gasteiger partial charge in [0.05, 0.1) is 19.3 Å². The van der Waals surface area contributed by atoms with E-state index in [4.69, 9.17) is 9.47 Å². The Bertz CT molecular complexity index is 424. The number of aliphatic hydroxyl groups excluding tert-OH is 1. The second kappa shape index (κ2) is 4.56. The molecule has 4 aliphatic rings. The molecule has 1 heterocycles. The van der Waals surface area contributed by atoms with Crippen LogP contribution >= 0.6 is 0 Å². The summed E-state index contributed by atoms with van der Waals surface area (Å²) in [4.78, 5) is 0. The van der Waals surface area contributed by atoms with Gasteiger partial charge in [-0.2, -0.15) is 0 Å². The number of ether oxygens (including phenoxy) is 2. The van der Waals surface area contributed by atoms with Gasteiger partial charge in [0.15, 0.2) is 5.79 Å². The molecule has 3 heteroatoms. The lowest BCUT2D eigenvalue weighted by Gasteiger charge is -2.50. The number of hydrogen-bond donors (Lipinski definition) is 1. The van der Waals surface area contributed by atoms with Gasteiger partial charge in [-0.1, -0.05) is 18.1 Å². The first kappa shape index (κ1) is 13.3. The number of rotatable bonds is 0. The van der Waals surface area contributed by atoms with Crippen LogP contribution in [0.15, 0.2) is 11.6 Å². The highest BCUT2D eigenvalue weighted by molar-refractivity contribution is 5.15. The van der Waals surface area contributed by atoms with Crippen LogP contribution < -0.4 is 0 Å². The third kappa shape index (κ3) is 1.76. The van der Waals surface area contributed by atoms with Crippen LogP contribution in [0.3, 0.4) is 0 Å². The zero-order chi connectivity index (χ0) is 13.8. The molecule has 20 heavy (non-hydrogen) atoms. The number of aliphatic hydroxyl groups is 1. The topological polar surface area (TPSA) is 38.7 Å². The summed E-state index contributed by atoms with van der Waals surface area (Å²) < 4.78 is 12.2. The molecule has 1 N–H and O–H groups in total. The normalized spacial score (nSPS) is 46.7. The van der Waals surface area contributed by atoms with E-state index in [9.17, 15) is 5.11 Å². The molecule has 3 nitrogen and oxygen atoms in total. The highest BCUT2D eigenvalue weighted by Crippen LogP contribution is 2.64. The molecule has 112 valence electrons. The molecular weight excluding hydrogens is 252 g/mol. The summed E-state index contributed by atoms with van der Waals surface area (Å²) in [5.74, 6) is 0.379. The Kier molecular flexibility index (Phi) is 3.03. The minimum atomic E-state index is -0.370. The molecule has 3 fully saturated rings. The minimum Gasteiger partial charge on any atom is -0.392 e. The first-order valence-electron chi connectivity index (χ1n) is 8.27. The van der Waals surface area contributed by atoms with Gasteiger partial charge in [0.2, 0.25) is 0 Å². The first-order valence-corrected chi connectivity index (χ1v) is 8.27. The molecule has 0 aromatic heterocycles. The fraction of sp³-hybridized carbons (Fsp3) is 0.882. The maximum atomic E-state index is 10.7. The average molecular weight is 278 g/mol. The summed E-state index contributed by atoms with van der Waals surface area (Å²) in [6, 6.07) is 0. The van der Waals surface area contributed by atoms with E-state index in [1.165, 1.54) is 24.8 Å². The summed E-state index contributed by atoms with van der Waals surface area (Å²) in [6.45, 7) is 3.62. The first-order chi connectivity index (χ1) is 9.65. The Hall–Kier alpha value is -0.380. The summed E-state index contributed by atoms with van der Waals surface area (Å²) in [5.41, 5.74) is 1.67. The second-order valence-electron chi connectivity index (χ2n) is 7.43. The highest BCUT2D eigenvalue weighted by atomic mass is 16.7. The van der Waals surface area contributed by atoms with Crippen molar-refractivity contribution in [1.29, 1.82) is 0 Å². The second-order valence-corrected chi connectivity index (χ2v) is 7.43. The van der Waals surface area contributed by atoms with E-state index in [2.05, 4.69) is 13.0 Å². The van der Waals surface area contributed by atoms with E-state index in [-0.39, 0.29) is 11.9 Å². The Balaban J connectivity index is 1.78. The fourth-order valence-electron chi connectivity index (χ4n) is 5.60. The van der Waals surface area contributed by atoms with Crippen LogP contribution in [0.25, 0.3) is 0 Å². The summed E-state index contributed by atoms with van der Waals surface area (Å²) in [5, 5.41) is 10.7. The molecule has 0 aromatic carbocycles. The van der Waals surface area contributed by atoms with Crippen LogP contribution in [0, 0.1) is 17.3 Å². The van der Waals surface area contributed by atoms with Crippen molar-refractivity contribution in [3.05, 3.63) is 11.6 Å². The van der Waals surface area contributed by atoms with Crippen LogP contribution in [0.5, 0.6) is 0 Å². The standard InChI is InChI=1S/C17H26O3/c1-12-4-6-16-5-2-3-13(14(18)11-12)15(16)17(8-7-16)19-9-10-20-17/h4,13-15,18H,2-3,5-11H2,1H3/t13?,14-,15?,16?/m0/s1. The maximum Gasteiger partial charge on any atom is 0.172 e. The molecule has 1 saturated heterocycles. The van der Waals surface area contributed by atoms with E-state index < -0.39 is 0 Å². The predicted molar refractivity (Wildman–Crippen MR) is 76.1 cm³/mol. The van der Waals surface area contributed by atoms with Crippen LogP contribution in [0.4, 0.5) is 0 Å². The van der Waals surface area contributed by atoms with Gasteiger partial charge in [-0.05, 0) is 50.4 Å². The van der Waals surface area contributed by atoms with Crippen LogP contribution in [0.1, 0.15) is 51.9 Å². The lowest BCUT2D eigenvalue weighted by atomic mass is 9.58. The van der Waals surface area contributed by atoms with Crippen molar-refractivity contribution < 1.29 is 14.6 Å². The highest BCUT2D eigenvalue weighted by Gasteiger charge is 2.64. The summed E-state index contributed by atoms with van der Waals surface area (Å²) in [6.07, 6.45) is 10.0. The number of allylic oxidation sites excluding steroid dienone is 1. The molecule has 1 spiro atoms. The molecule has 2 saturated carbocycles. The van der Waals surface area contributed by atoms with Gasteiger partial charge in [-0.3, -0.25) is 0 Å². The van der Waals surface area contributed by atoms with Crippen LogP contribution in [-0.2, 0) is 9.47 Å². The maximum absolute atomic E-state index is 10.7. The Morgan fingerprint density at radius 3 is 2.80 bits per heavy atom.